The van der Waals surface area contributed by atoms with E-state index in [9.17, 15) is 0 Å². The Balaban J connectivity index is 2.13. The average molecular weight is 279 g/mol. The number of hydrogen-bond donors (Lipinski definition) is 2. The van der Waals surface area contributed by atoms with Crippen LogP contribution in [0.2, 0.25) is 5.02 Å². The zero-order chi connectivity index (χ0) is 13.7. The van der Waals surface area contributed by atoms with Gasteiger partial charge in [0.05, 0.1) is 0 Å². The normalized spacial score (nSPS) is 11.3. The van der Waals surface area contributed by atoms with E-state index in [4.69, 9.17) is 27.3 Å². The largest absolute Gasteiger partial charge is 0.471 e. The van der Waals surface area contributed by atoms with Gasteiger partial charge in [-0.1, -0.05) is 28.9 Å². The summed E-state index contributed by atoms with van der Waals surface area (Å²) in [5, 5.41) is 12.2. The van der Waals surface area contributed by atoms with Crippen LogP contribution in [0.25, 0.3) is 0 Å². The molecule has 0 saturated carbocycles. The Labute approximate surface area is 114 Å². The quantitative estimate of drug-likeness (QED) is 0.385. The molecule has 1 heterocycles. The molecule has 1 aromatic heterocycles. The van der Waals surface area contributed by atoms with Gasteiger partial charge in [-0.25, -0.2) is 9.97 Å². The molecule has 7 heteroatoms. The molecule has 0 bridgehead atoms. The van der Waals surface area contributed by atoms with Crippen molar-refractivity contribution < 1.29 is 9.94 Å². The highest BCUT2D eigenvalue weighted by Crippen LogP contribution is 2.15. The minimum absolute atomic E-state index is 0.154. The summed E-state index contributed by atoms with van der Waals surface area (Å²) in [7, 11) is 0. The molecule has 6 nitrogen and oxygen atoms in total. The van der Waals surface area contributed by atoms with Gasteiger partial charge in [0.1, 0.15) is 6.61 Å². The van der Waals surface area contributed by atoms with Crippen molar-refractivity contribution in [1.29, 1.82) is 0 Å². The third-order valence-corrected chi connectivity index (χ3v) is 2.56. The maximum absolute atomic E-state index is 8.65. The second-order valence-electron chi connectivity index (χ2n) is 3.61. The predicted molar refractivity (Wildman–Crippen MR) is 70.3 cm³/mol. The molecule has 0 aliphatic rings. The van der Waals surface area contributed by atoms with E-state index in [-0.39, 0.29) is 24.0 Å². The van der Waals surface area contributed by atoms with Gasteiger partial charge in [-0.2, -0.15) is 0 Å². The number of halogens is 1. The Kier molecular flexibility index (Phi) is 4.15. The smallest absolute Gasteiger partial charge is 0.244 e. The van der Waals surface area contributed by atoms with Crippen LogP contribution in [0.1, 0.15) is 11.3 Å². The number of aromatic nitrogens is 2. The van der Waals surface area contributed by atoms with Crippen LogP contribution in [0.5, 0.6) is 5.88 Å². The zero-order valence-electron chi connectivity index (χ0n) is 9.82. The van der Waals surface area contributed by atoms with Gasteiger partial charge >= 0.3 is 0 Å². The molecule has 0 aliphatic heterocycles. The topological polar surface area (TPSA) is 93.6 Å². The first kappa shape index (κ1) is 13.1. The molecule has 0 radical (unpaired) electrons. The fraction of sp³-hybridized carbons (Fsp3) is 0.0833. The van der Waals surface area contributed by atoms with E-state index in [1.807, 2.05) is 12.1 Å². The van der Waals surface area contributed by atoms with Crippen LogP contribution in [-0.2, 0) is 6.61 Å². The molecular formula is C12H11ClN4O2. The summed E-state index contributed by atoms with van der Waals surface area (Å²) < 4.78 is 5.50. The van der Waals surface area contributed by atoms with Crippen LogP contribution in [0.15, 0.2) is 41.8 Å². The summed E-state index contributed by atoms with van der Waals surface area (Å²) in [5.74, 6) is 0.0481. The Hall–Kier alpha value is -2.34. The van der Waals surface area contributed by atoms with Gasteiger partial charge in [0.2, 0.25) is 5.88 Å². The lowest BCUT2D eigenvalue weighted by Crippen LogP contribution is -2.17. The molecule has 2 rings (SSSR count). The molecular weight excluding hydrogens is 268 g/mol. The van der Waals surface area contributed by atoms with Gasteiger partial charge < -0.3 is 15.7 Å². The molecule has 98 valence electrons. The Morgan fingerprint density at radius 2 is 1.95 bits per heavy atom. The van der Waals surface area contributed by atoms with Crippen molar-refractivity contribution in [2.75, 3.05) is 0 Å². The summed E-state index contributed by atoms with van der Waals surface area (Å²) in [6, 6.07) is 7.20. The minimum atomic E-state index is -0.154. The summed E-state index contributed by atoms with van der Waals surface area (Å²) >= 11 is 5.79. The molecule has 0 unspecified atom stereocenters. The number of benzene rings is 1. The fourth-order valence-electron chi connectivity index (χ4n) is 1.39. The van der Waals surface area contributed by atoms with Crippen LogP contribution in [0.4, 0.5) is 0 Å². The first-order chi connectivity index (χ1) is 9.20. The maximum atomic E-state index is 8.65. The predicted octanol–water partition coefficient (Wildman–Crippen LogP) is 1.80. The highest BCUT2D eigenvalue weighted by molar-refractivity contribution is 6.30. The van der Waals surface area contributed by atoms with Crippen molar-refractivity contribution in [3.05, 3.63) is 52.9 Å². The number of amidine groups is 1. The van der Waals surface area contributed by atoms with Crippen molar-refractivity contribution in [2.45, 2.75) is 6.61 Å². The molecule has 2 aromatic rings. The molecule has 3 N–H and O–H groups in total. The first-order valence-electron chi connectivity index (χ1n) is 5.37. The number of nitrogens with two attached hydrogens (primary N) is 1. The first-order valence-corrected chi connectivity index (χ1v) is 5.74. The molecule has 19 heavy (non-hydrogen) atoms. The van der Waals surface area contributed by atoms with Crippen LogP contribution in [0.3, 0.4) is 0 Å². The van der Waals surface area contributed by atoms with Crippen molar-refractivity contribution in [3.8, 4) is 5.88 Å². The highest BCUT2D eigenvalue weighted by Gasteiger charge is 2.11. The van der Waals surface area contributed by atoms with Crippen LogP contribution in [-0.4, -0.2) is 21.0 Å². The SMILES string of the molecule is NC(=NO)c1nccnc1OCc1ccc(Cl)cc1. The van der Waals surface area contributed by atoms with Crippen LogP contribution in [0, 0.1) is 0 Å². The van der Waals surface area contributed by atoms with E-state index in [2.05, 4.69) is 15.1 Å². The Bertz CT molecular complexity index is 587. The highest BCUT2D eigenvalue weighted by atomic mass is 35.5. The van der Waals surface area contributed by atoms with Crippen molar-refractivity contribution in [3.63, 3.8) is 0 Å². The number of rotatable bonds is 4. The van der Waals surface area contributed by atoms with Gasteiger partial charge in [0.25, 0.3) is 0 Å². The van der Waals surface area contributed by atoms with E-state index in [1.165, 1.54) is 12.4 Å². The molecule has 1 aromatic carbocycles. The lowest BCUT2D eigenvalue weighted by molar-refractivity contribution is 0.290. The molecule has 0 atom stereocenters. The zero-order valence-corrected chi connectivity index (χ0v) is 10.6. The summed E-state index contributed by atoms with van der Waals surface area (Å²) in [5.41, 5.74) is 6.59. The summed E-state index contributed by atoms with van der Waals surface area (Å²) in [6.45, 7) is 0.279. The fourth-order valence-corrected chi connectivity index (χ4v) is 1.51. The van der Waals surface area contributed by atoms with Crippen LogP contribution < -0.4 is 10.5 Å². The summed E-state index contributed by atoms with van der Waals surface area (Å²) in [4.78, 5) is 7.95. The molecule has 0 fully saturated rings. The molecule has 0 aliphatic carbocycles. The van der Waals surface area contributed by atoms with Crippen molar-refractivity contribution in [1.82, 2.24) is 9.97 Å². The van der Waals surface area contributed by atoms with Gasteiger partial charge in [-0.15, -0.1) is 0 Å². The van der Waals surface area contributed by atoms with Crippen molar-refractivity contribution in [2.24, 2.45) is 10.9 Å². The van der Waals surface area contributed by atoms with E-state index in [0.29, 0.717) is 5.02 Å². The van der Waals surface area contributed by atoms with Crippen molar-refractivity contribution >= 4 is 17.4 Å². The van der Waals surface area contributed by atoms with E-state index >= 15 is 0 Å². The molecule has 0 saturated heterocycles. The number of nitrogens with zero attached hydrogens (tertiary/aromatic N) is 3. The second-order valence-corrected chi connectivity index (χ2v) is 4.05. The third-order valence-electron chi connectivity index (χ3n) is 2.30. The summed E-state index contributed by atoms with van der Waals surface area (Å²) in [6.07, 6.45) is 2.90. The monoisotopic (exact) mass is 278 g/mol. The van der Waals surface area contributed by atoms with E-state index in [1.54, 1.807) is 12.1 Å². The van der Waals surface area contributed by atoms with Gasteiger partial charge in [-0.3, -0.25) is 0 Å². The number of oxime groups is 1. The lowest BCUT2D eigenvalue weighted by Gasteiger charge is -2.08. The minimum Gasteiger partial charge on any atom is -0.471 e. The van der Waals surface area contributed by atoms with E-state index in [0.717, 1.165) is 5.56 Å². The van der Waals surface area contributed by atoms with E-state index < -0.39 is 0 Å². The lowest BCUT2D eigenvalue weighted by atomic mass is 10.2. The standard InChI is InChI=1S/C12H11ClN4O2/c13-9-3-1-8(2-4-9)7-19-12-10(11(14)17-18)15-5-6-16-12/h1-6,18H,7H2,(H2,14,17). The van der Waals surface area contributed by atoms with Gasteiger partial charge in [-0.05, 0) is 17.7 Å². The number of hydrogen-bond acceptors (Lipinski definition) is 5. The van der Waals surface area contributed by atoms with Crippen LogP contribution >= 0.6 is 11.6 Å². The Morgan fingerprint density at radius 1 is 1.26 bits per heavy atom. The number of ether oxygens (including phenoxy) is 1. The maximum Gasteiger partial charge on any atom is 0.244 e. The molecule has 0 spiro atoms. The van der Waals surface area contributed by atoms with Gasteiger partial charge in [0, 0.05) is 17.4 Å². The second kappa shape index (κ2) is 6.01. The Morgan fingerprint density at radius 3 is 2.63 bits per heavy atom. The third kappa shape index (κ3) is 3.32. The van der Waals surface area contributed by atoms with Gasteiger partial charge in [0.15, 0.2) is 11.5 Å². The molecule has 0 amide bonds. The average Bonchev–Trinajstić information content (AvgIpc) is 2.46.